The molecule has 0 spiro atoms. The molecule has 4 atom stereocenters. The van der Waals surface area contributed by atoms with Gasteiger partial charge in [-0.1, -0.05) is 38.0 Å². The average Bonchev–Trinajstić information content (AvgIpc) is 2.88. The number of unbranched alkanes of at least 4 members (excludes halogenated alkanes) is 1. The van der Waals surface area contributed by atoms with E-state index in [1.165, 1.54) is 19.4 Å². The van der Waals surface area contributed by atoms with Gasteiger partial charge in [0.2, 0.25) is 0 Å². The molecule has 1 amide bonds. The normalized spacial score (nSPS) is 23.1. The summed E-state index contributed by atoms with van der Waals surface area (Å²) >= 11 is 0. The Balaban J connectivity index is 1.76. The van der Waals surface area contributed by atoms with Gasteiger partial charge < -0.3 is 29.4 Å². The Morgan fingerprint density at radius 2 is 2.00 bits per heavy atom. The summed E-state index contributed by atoms with van der Waals surface area (Å²) in [6.45, 7) is 4.04. The predicted molar refractivity (Wildman–Crippen MR) is 124 cm³/mol. The minimum atomic E-state index is -1.08. The summed E-state index contributed by atoms with van der Waals surface area (Å²) in [5.74, 6) is -1.06. The number of carbonyl (C=O) groups excluding carboxylic acids is 2. The minimum Gasteiger partial charge on any atom is -0.503 e. The van der Waals surface area contributed by atoms with Crippen molar-refractivity contribution in [3.8, 4) is 17.2 Å². The summed E-state index contributed by atoms with van der Waals surface area (Å²) in [6, 6.07) is 9.78. The number of nitrogens with one attached hydrogen (secondary N) is 1. The van der Waals surface area contributed by atoms with E-state index in [2.05, 4.69) is 17.2 Å². The minimum absolute atomic E-state index is 0.0948. The molecule has 2 aromatic rings. The van der Waals surface area contributed by atoms with E-state index in [0.29, 0.717) is 5.75 Å². The molecule has 9 heteroatoms. The van der Waals surface area contributed by atoms with Crippen molar-refractivity contribution in [3.05, 3.63) is 48.3 Å². The quantitative estimate of drug-likeness (QED) is 0.563. The molecule has 1 aliphatic heterocycles. The van der Waals surface area contributed by atoms with Crippen LogP contribution in [0, 0.1) is 5.92 Å². The number of hydrogen-bond donors (Lipinski definition) is 2. The molecule has 3 rings (SSSR count). The van der Waals surface area contributed by atoms with Crippen molar-refractivity contribution in [1.82, 2.24) is 10.3 Å². The Bertz CT molecular complexity index is 954. The summed E-state index contributed by atoms with van der Waals surface area (Å²) in [5.41, 5.74) is -0.258. The molecule has 9 nitrogen and oxygen atoms in total. The lowest BCUT2D eigenvalue weighted by molar-refractivity contribution is -0.154. The van der Waals surface area contributed by atoms with Crippen LogP contribution in [0.25, 0.3) is 0 Å². The van der Waals surface area contributed by atoms with Crippen LogP contribution in [0.15, 0.2) is 42.6 Å². The zero-order valence-electron chi connectivity index (χ0n) is 19.7. The van der Waals surface area contributed by atoms with Gasteiger partial charge in [0.1, 0.15) is 18.0 Å². The third-order valence-electron chi connectivity index (χ3n) is 5.78. The lowest BCUT2D eigenvalue weighted by Crippen LogP contribution is -2.46. The number of hydrogen-bond acceptors (Lipinski definition) is 8. The standard InChI is InChI=1S/C25H32N2O7/c1-4-5-11-18-16(2)33-25(30)19(14-32-15-21(18)34-17-9-7-6-8-10-17)27-24(29)22-23(28)20(31-3)12-13-26-22/h6-10,12-13,16,18-19,21,28H,4-5,11,14-15H2,1-3H3,(H,27,29). The molecular formula is C25H32N2O7. The highest BCUT2D eigenvalue weighted by Gasteiger charge is 2.36. The Hall–Kier alpha value is -3.33. The van der Waals surface area contributed by atoms with Crippen LogP contribution in [0.2, 0.25) is 0 Å². The van der Waals surface area contributed by atoms with Crippen LogP contribution in [0.1, 0.15) is 43.6 Å². The van der Waals surface area contributed by atoms with Crippen molar-refractivity contribution in [3.63, 3.8) is 0 Å². The van der Waals surface area contributed by atoms with Crippen LogP contribution in [0.4, 0.5) is 0 Å². The largest absolute Gasteiger partial charge is 0.503 e. The maximum Gasteiger partial charge on any atom is 0.331 e. The SMILES string of the molecule is CCCCC1C(C)OC(=O)C(NC(=O)c2nccc(OC)c2O)COCC1Oc1ccccc1. The third kappa shape index (κ3) is 6.38. The van der Waals surface area contributed by atoms with Crippen LogP contribution >= 0.6 is 0 Å². The number of amides is 1. The average molecular weight is 473 g/mol. The number of cyclic esters (lactones) is 1. The van der Waals surface area contributed by atoms with Crippen molar-refractivity contribution in [2.75, 3.05) is 20.3 Å². The monoisotopic (exact) mass is 472 g/mol. The molecule has 1 aliphatic rings. The van der Waals surface area contributed by atoms with E-state index in [9.17, 15) is 14.7 Å². The highest BCUT2D eigenvalue weighted by molar-refractivity contribution is 5.98. The molecule has 0 aliphatic carbocycles. The fourth-order valence-electron chi connectivity index (χ4n) is 3.90. The van der Waals surface area contributed by atoms with Gasteiger partial charge >= 0.3 is 5.97 Å². The van der Waals surface area contributed by atoms with Crippen molar-refractivity contribution in [2.24, 2.45) is 5.92 Å². The Morgan fingerprint density at radius 3 is 2.71 bits per heavy atom. The number of para-hydroxylation sites is 1. The molecule has 2 heterocycles. The molecule has 1 aromatic heterocycles. The molecule has 0 saturated carbocycles. The second-order valence-corrected chi connectivity index (χ2v) is 8.19. The number of esters is 1. The van der Waals surface area contributed by atoms with Crippen LogP contribution in [-0.4, -0.2) is 60.5 Å². The molecule has 184 valence electrons. The lowest BCUT2D eigenvalue weighted by Gasteiger charge is -2.31. The van der Waals surface area contributed by atoms with Gasteiger partial charge in [0.05, 0.1) is 20.3 Å². The molecule has 34 heavy (non-hydrogen) atoms. The maximum absolute atomic E-state index is 12.9. The molecule has 1 fully saturated rings. The topological polar surface area (TPSA) is 116 Å². The summed E-state index contributed by atoms with van der Waals surface area (Å²) in [4.78, 5) is 29.6. The van der Waals surface area contributed by atoms with Gasteiger partial charge in [0.25, 0.3) is 5.91 Å². The van der Waals surface area contributed by atoms with E-state index < -0.39 is 29.8 Å². The van der Waals surface area contributed by atoms with Gasteiger partial charge in [-0.3, -0.25) is 4.79 Å². The van der Waals surface area contributed by atoms with Crippen LogP contribution in [-0.2, 0) is 14.3 Å². The van der Waals surface area contributed by atoms with Crippen molar-refractivity contribution < 1.29 is 33.6 Å². The zero-order valence-corrected chi connectivity index (χ0v) is 19.7. The number of rotatable bonds is 8. The molecule has 1 aromatic carbocycles. The van der Waals surface area contributed by atoms with Crippen LogP contribution in [0.5, 0.6) is 17.2 Å². The van der Waals surface area contributed by atoms with E-state index in [1.54, 1.807) is 0 Å². The number of aromatic hydroxyl groups is 1. The van der Waals surface area contributed by atoms with Crippen molar-refractivity contribution >= 4 is 11.9 Å². The highest BCUT2D eigenvalue weighted by atomic mass is 16.6. The highest BCUT2D eigenvalue weighted by Crippen LogP contribution is 2.28. The molecule has 2 N–H and O–H groups in total. The van der Waals surface area contributed by atoms with E-state index >= 15 is 0 Å². The Kier molecular flexibility index (Phi) is 9.09. The van der Waals surface area contributed by atoms with Crippen LogP contribution in [0.3, 0.4) is 0 Å². The predicted octanol–water partition coefficient (Wildman–Crippen LogP) is 3.11. The summed E-state index contributed by atoms with van der Waals surface area (Å²) in [7, 11) is 1.37. The first-order chi connectivity index (χ1) is 16.4. The first kappa shape index (κ1) is 25.3. The fourth-order valence-corrected chi connectivity index (χ4v) is 3.90. The molecule has 1 saturated heterocycles. The molecule has 0 bridgehead atoms. The lowest BCUT2D eigenvalue weighted by atomic mass is 9.91. The van der Waals surface area contributed by atoms with Gasteiger partial charge in [0.15, 0.2) is 23.2 Å². The Labute approximate surface area is 199 Å². The second-order valence-electron chi connectivity index (χ2n) is 8.19. The van der Waals surface area contributed by atoms with E-state index in [1.807, 2.05) is 37.3 Å². The van der Waals surface area contributed by atoms with Crippen LogP contribution < -0.4 is 14.8 Å². The van der Waals surface area contributed by atoms with Gasteiger partial charge in [-0.2, -0.15) is 0 Å². The van der Waals surface area contributed by atoms with Gasteiger partial charge in [0, 0.05) is 18.2 Å². The first-order valence-corrected chi connectivity index (χ1v) is 11.5. The number of methoxy groups -OCH3 is 1. The number of ether oxygens (including phenoxy) is 4. The van der Waals surface area contributed by atoms with E-state index in [4.69, 9.17) is 18.9 Å². The smallest absolute Gasteiger partial charge is 0.331 e. The Morgan fingerprint density at radius 1 is 1.24 bits per heavy atom. The van der Waals surface area contributed by atoms with E-state index in [0.717, 1.165) is 19.3 Å². The summed E-state index contributed by atoms with van der Waals surface area (Å²) < 4.78 is 22.8. The number of nitrogens with zero attached hydrogens (tertiary/aromatic N) is 1. The molecule has 0 radical (unpaired) electrons. The number of pyridine rings is 1. The maximum atomic E-state index is 12.9. The second kappa shape index (κ2) is 12.2. The summed E-state index contributed by atoms with van der Waals surface area (Å²) in [6.07, 6.45) is 3.27. The molecule has 4 unspecified atom stereocenters. The van der Waals surface area contributed by atoms with Crippen molar-refractivity contribution in [2.45, 2.75) is 51.4 Å². The van der Waals surface area contributed by atoms with Crippen molar-refractivity contribution in [1.29, 1.82) is 0 Å². The number of carbonyl (C=O) groups is 2. The fraction of sp³-hybridized carbons (Fsp3) is 0.480. The van der Waals surface area contributed by atoms with Gasteiger partial charge in [-0.25, -0.2) is 9.78 Å². The first-order valence-electron chi connectivity index (χ1n) is 11.5. The third-order valence-corrected chi connectivity index (χ3v) is 5.78. The van der Waals surface area contributed by atoms with E-state index in [-0.39, 0.29) is 36.7 Å². The van der Waals surface area contributed by atoms with Gasteiger partial charge in [-0.15, -0.1) is 0 Å². The molecular weight excluding hydrogens is 440 g/mol. The number of aromatic nitrogens is 1. The zero-order chi connectivity index (χ0) is 24.5. The summed E-state index contributed by atoms with van der Waals surface area (Å²) in [5, 5.41) is 12.8. The number of benzene rings is 1. The van der Waals surface area contributed by atoms with Gasteiger partial charge in [-0.05, 0) is 25.5 Å².